The van der Waals surface area contributed by atoms with Crippen LogP contribution in [-0.4, -0.2) is 61.5 Å². The lowest BCUT2D eigenvalue weighted by Gasteiger charge is -2.35. The number of rotatable bonds is 5. The van der Waals surface area contributed by atoms with Crippen molar-refractivity contribution >= 4 is 17.5 Å². The number of hydrogen-bond acceptors (Lipinski definition) is 6. The van der Waals surface area contributed by atoms with Crippen molar-refractivity contribution in [2.24, 2.45) is 0 Å². The molecule has 31 heavy (non-hydrogen) atoms. The summed E-state index contributed by atoms with van der Waals surface area (Å²) in [6.45, 7) is 2.50. The molecule has 160 valence electrons. The van der Waals surface area contributed by atoms with Gasteiger partial charge in [0.2, 0.25) is 0 Å². The van der Waals surface area contributed by atoms with Gasteiger partial charge in [-0.2, -0.15) is 0 Å². The van der Waals surface area contributed by atoms with Crippen LogP contribution in [-0.2, 0) is 0 Å². The minimum absolute atomic E-state index is 0.187. The zero-order valence-corrected chi connectivity index (χ0v) is 17.6. The van der Waals surface area contributed by atoms with E-state index in [0.29, 0.717) is 43.4 Å². The van der Waals surface area contributed by atoms with Gasteiger partial charge < -0.3 is 24.6 Å². The average molecular weight is 419 g/mol. The van der Waals surface area contributed by atoms with Crippen molar-refractivity contribution in [3.8, 4) is 22.8 Å². The standard InChI is InChI=1S/C23H25N5O3/c1-30-19-9-6-10-20(31-2)22(19)24-23(29)28-15-13-27(14-16-28)21-12-11-18(25-26-21)17-7-4-3-5-8-17/h3-12H,13-16H2,1-2H3,(H,24,29). The Kier molecular flexibility index (Phi) is 6.16. The molecule has 0 bridgehead atoms. The molecule has 1 aliphatic rings. The fraction of sp³-hybridized carbons (Fsp3) is 0.261. The SMILES string of the molecule is COc1cccc(OC)c1NC(=O)N1CCN(c2ccc(-c3ccccc3)nn2)CC1. The van der Waals surface area contributed by atoms with Gasteiger partial charge in [0.15, 0.2) is 5.82 Å². The van der Waals surface area contributed by atoms with Crippen LogP contribution in [0.15, 0.2) is 60.7 Å². The average Bonchev–Trinajstić information content (AvgIpc) is 2.85. The van der Waals surface area contributed by atoms with Gasteiger partial charge in [-0.25, -0.2) is 4.79 Å². The van der Waals surface area contributed by atoms with E-state index in [-0.39, 0.29) is 6.03 Å². The first-order valence-electron chi connectivity index (χ1n) is 10.1. The number of carbonyl (C=O) groups excluding carboxylic acids is 1. The first-order valence-corrected chi connectivity index (χ1v) is 10.1. The Morgan fingerprint density at radius 3 is 2.10 bits per heavy atom. The van der Waals surface area contributed by atoms with E-state index in [2.05, 4.69) is 20.4 Å². The molecule has 1 aromatic heterocycles. The molecule has 1 aliphatic heterocycles. The van der Waals surface area contributed by atoms with E-state index < -0.39 is 0 Å². The van der Waals surface area contributed by atoms with Gasteiger partial charge in [0.1, 0.15) is 17.2 Å². The highest BCUT2D eigenvalue weighted by molar-refractivity contribution is 5.93. The lowest BCUT2D eigenvalue weighted by atomic mass is 10.1. The highest BCUT2D eigenvalue weighted by atomic mass is 16.5. The number of piperazine rings is 1. The molecular weight excluding hydrogens is 394 g/mol. The minimum atomic E-state index is -0.187. The lowest BCUT2D eigenvalue weighted by molar-refractivity contribution is 0.207. The number of nitrogens with one attached hydrogen (secondary N) is 1. The van der Waals surface area contributed by atoms with Crippen LogP contribution in [0.2, 0.25) is 0 Å². The van der Waals surface area contributed by atoms with Crippen molar-refractivity contribution in [3.05, 3.63) is 60.7 Å². The molecule has 1 saturated heterocycles. The van der Waals surface area contributed by atoms with Gasteiger partial charge in [0.25, 0.3) is 0 Å². The van der Waals surface area contributed by atoms with E-state index in [0.717, 1.165) is 17.1 Å². The van der Waals surface area contributed by atoms with Gasteiger partial charge in [-0.05, 0) is 24.3 Å². The molecule has 4 rings (SSSR count). The Bertz CT molecular complexity index is 997. The van der Waals surface area contributed by atoms with E-state index in [1.807, 2.05) is 48.5 Å². The van der Waals surface area contributed by atoms with E-state index in [9.17, 15) is 4.79 Å². The number of anilines is 2. The van der Waals surface area contributed by atoms with Gasteiger partial charge in [0, 0.05) is 31.7 Å². The smallest absolute Gasteiger partial charge is 0.322 e. The molecule has 0 atom stereocenters. The zero-order valence-electron chi connectivity index (χ0n) is 17.6. The van der Waals surface area contributed by atoms with E-state index in [1.54, 1.807) is 31.3 Å². The molecule has 8 heteroatoms. The summed E-state index contributed by atoms with van der Waals surface area (Å²) in [5.41, 5.74) is 2.41. The van der Waals surface area contributed by atoms with Crippen LogP contribution in [0.5, 0.6) is 11.5 Å². The summed E-state index contributed by atoms with van der Waals surface area (Å²) in [6, 6.07) is 19.1. The third-order valence-electron chi connectivity index (χ3n) is 5.27. The monoisotopic (exact) mass is 419 g/mol. The molecule has 0 unspecified atom stereocenters. The van der Waals surface area contributed by atoms with Gasteiger partial charge in [-0.3, -0.25) is 0 Å². The Hall–Kier alpha value is -3.81. The fourth-order valence-corrected chi connectivity index (χ4v) is 3.56. The molecule has 1 N–H and O–H groups in total. The second kappa shape index (κ2) is 9.34. The molecule has 8 nitrogen and oxygen atoms in total. The van der Waals surface area contributed by atoms with Gasteiger partial charge in [-0.15, -0.1) is 10.2 Å². The third kappa shape index (κ3) is 4.53. The summed E-state index contributed by atoms with van der Waals surface area (Å²) < 4.78 is 10.7. The Labute approximate surface area is 181 Å². The van der Waals surface area contributed by atoms with Crippen molar-refractivity contribution < 1.29 is 14.3 Å². The number of hydrogen-bond donors (Lipinski definition) is 1. The number of para-hydroxylation sites is 1. The summed E-state index contributed by atoms with van der Waals surface area (Å²) in [6.07, 6.45) is 0. The Morgan fingerprint density at radius 1 is 0.839 bits per heavy atom. The number of amides is 2. The van der Waals surface area contributed by atoms with Crippen LogP contribution in [0.4, 0.5) is 16.3 Å². The number of urea groups is 1. The maximum absolute atomic E-state index is 12.8. The van der Waals surface area contributed by atoms with Crippen molar-refractivity contribution in [1.29, 1.82) is 0 Å². The van der Waals surface area contributed by atoms with Gasteiger partial charge in [-0.1, -0.05) is 36.4 Å². The molecule has 3 aromatic rings. The topological polar surface area (TPSA) is 79.8 Å². The van der Waals surface area contributed by atoms with Crippen LogP contribution >= 0.6 is 0 Å². The quantitative estimate of drug-likeness (QED) is 0.682. The van der Waals surface area contributed by atoms with E-state index >= 15 is 0 Å². The van der Waals surface area contributed by atoms with Crippen LogP contribution in [0.3, 0.4) is 0 Å². The van der Waals surface area contributed by atoms with Crippen LogP contribution in [0.25, 0.3) is 11.3 Å². The predicted octanol–water partition coefficient (Wildman–Crippen LogP) is 3.51. The number of carbonyl (C=O) groups is 1. The predicted molar refractivity (Wildman–Crippen MR) is 120 cm³/mol. The molecule has 2 heterocycles. The molecule has 2 amide bonds. The Morgan fingerprint density at radius 2 is 1.52 bits per heavy atom. The molecule has 0 spiro atoms. The first kappa shape index (κ1) is 20.5. The number of benzene rings is 2. The zero-order chi connectivity index (χ0) is 21.6. The van der Waals surface area contributed by atoms with Crippen LogP contribution in [0.1, 0.15) is 0 Å². The molecule has 1 fully saturated rings. The van der Waals surface area contributed by atoms with Gasteiger partial charge >= 0.3 is 6.03 Å². The lowest BCUT2D eigenvalue weighted by Crippen LogP contribution is -2.50. The maximum atomic E-state index is 12.8. The molecular formula is C23H25N5O3. The summed E-state index contributed by atoms with van der Waals surface area (Å²) in [4.78, 5) is 16.7. The highest BCUT2D eigenvalue weighted by Crippen LogP contribution is 2.34. The minimum Gasteiger partial charge on any atom is -0.494 e. The largest absolute Gasteiger partial charge is 0.494 e. The summed E-state index contributed by atoms with van der Waals surface area (Å²) in [7, 11) is 3.13. The third-order valence-corrected chi connectivity index (χ3v) is 5.27. The first-order chi connectivity index (χ1) is 15.2. The summed E-state index contributed by atoms with van der Waals surface area (Å²) in [5.74, 6) is 1.92. The fourth-order valence-electron chi connectivity index (χ4n) is 3.56. The molecule has 0 radical (unpaired) electrons. The summed E-state index contributed by atoms with van der Waals surface area (Å²) >= 11 is 0. The van der Waals surface area contributed by atoms with Crippen LogP contribution < -0.4 is 19.7 Å². The van der Waals surface area contributed by atoms with E-state index in [4.69, 9.17) is 9.47 Å². The van der Waals surface area contributed by atoms with Crippen molar-refractivity contribution in [3.63, 3.8) is 0 Å². The summed E-state index contributed by atoms with van der Waals surface area (Å²) in [5, 5.41) is 11.7. The Balaban J connectivity index is 1.37. The van der Waals surface area contributed by atoms with Crippen molar-refractivity contribution in [1.82, 2.24) is 15.1 Å². The van der Waals surface area contributed by atoms with Crippen molar-refractivity contribution in [2.45, 2.75) is 0 Å². The van der Waals surface area contributed by atoms with Crippen LogP contribution in [0, 0.1) is 0 Å². The second-order valence-corrected chi connectivity index (χ2v) is 7.08. The number of nitrogens with zero attached hydrogens (tertiary/aromatic N) is 4. The molecule has 0 aliphatic carbocycles. The van der Waals surface area contributed by atoms with Gasteiger partial charge in [0.05, 0.1) is 19.9 Å². The number of ether oxygens (including phenoxy) is 2. The number of methoxy groups -OCH3 is 2. The van der Waals surface area contributed by atoms with Crippen molar-refractivity contribution in [2.75, 3.05) is 50.6 Å². The highest BCUT2D eigenvalue weighted by Gasteiger charge is 2.24. The normalized spacial score (nSPS) is 13.6. The van der Waals surface area contributed by atoms with E-state index in [1.165, 1.54) is 0 Å². The number of aromatic nitrogens is 2. The molecule has 2 aromatic carbocycles. The maximum Gasteiger partial charge on any atom is 0.322 e. The molecule has 0 saturated carbocycles. The second-order valence-electron chi connectivity index (χ2n) is 7.08.